The quantitative estimate of drug-likeness (QED) is 0.419. The van der Waals surface area contributed by atoms with Crippen LogP contribution in [0.1, 0.15) is 35.0 Å². The molecule has 162 valence electrons. The van der Waals surface area contributed by atoms with Crippen LogP contribution in [0.4, 0.5) is 5.82 Å². The molecule has 5 rings (SSSR count). The molecule has 32 heavy (non-hydrogen) atoms. The number of benzene rings is 1. The highest BCUT2D eigenvalue weighted by molar-refractivity contribution is 5.87. The van der Waals surface area contributed by atoms with E-state index in [0.29, 0.717) is 17.0 Å². The molecule has 0 atom stereocenters. The highest BCUT2D eigenvalue weighted by atomic mass is 16.5. The Kier molecular flexibility index (Phi) is 5.32. The third kappa shape index (κ3) is 3.94. The molecule has 0 unspecified atom stereocenters. The maximum atomic E-state index is 12.3. The van der Waals surface area contributed by atoms with Crippen molar-refractivity contribution in [3.63, 3.8) is 0 Å². The van der Waals surface area contributed by atoms with E-state index in [1.54, 1.807) is 19.1 Å². The van der Waals surface area contributed by atoms with Gasteiger partial charge in [-0.2, -0.15) is 0 Å². The molecule has 10 heteroatoms. The van der Waals surface area contributed by atoms with Gasteiger partial charge >= 0.3 is 5.97 Å². The van der Waals surface area contributed by atoms with Gasteiger partial charge < -0.3 is 18.6 Å². The molecule has 10 nitrogen and oxygen atoms in total. The molecule has 1 aliphatic heterocycles. The summed E-state index contributed by atoms with van der Waals surface area (Å²) >= 11 is 0. The van der Waals surface area contributed by atoms with Crippen LogP contribution in [0.2, 0.25) is 0 Å². The maximum Gasteiger partial charge on any atom is 0.359 e. The van der Waals surface area contributed by atoms with Crippen LogP contribution in [0, 0.1) is 6.92 Å². The zero-order valence-electron chi connectivity index (χ0n) is 17.4. The second-order valence-electron chi connectivity index (χ2n) is 7.38. The van der Waals surface area contributed by atoms with Gasteiger partial charge in [-0.15, -0.1) is 20.4 Å². The summed E-state index contributed by atoms with van der Waals surface area (Å²) in [5.74, 6) is 1.08. The van der Waals surface area contributed by atoms with Crippen molar-refractivity contribution >= 4 is 11.8 Å². The molecule has 0 radical (unpaired) electrons. The zero-order chi connectivity index (χ0) is 21.9. The first kappa shape index (κ1) is 19.9. The minimum absolute atomic E-state index is 0.119. The Hall–Kier alpha value is -4.08. The Balaban J connectivity index is 1.26. The topological polar surface area (TPSA) is 120 Å². The van der Waals surface area contributed by atoms with E-state index in [1.165, 1.54) is 0 Å². The molecule has 0 saturated carbocycles. The monoisotopic (exact) mass is 432 g/mol. The summed E-state index contributed by atoms with van der Waals surface area (Å²) in [6.07, 6.45) is 2.28. The van der Waals surface area contributed by atoms with E-state index >= 15 is 0 Å². The third-order valence-corrected chi connectivity index (χ3v) is 5.21. The maximum absolute atomic E-state index is 12.3. The van der Waals surface area contributed by atoms with E-state index in [9.17, 15) is 4.79 Å². The zero-order valence-corrected chi connectivity index (χ0v) is 17.4. The van der Waals surface area contributed by atoms with Crippen LogP contribution < -0.4 is 4.90 Å². The first-order valence-corrected chi connectivity index (χ1v) is 10.3. The molecule has 0 aliphatic carbocycles. The first-order valence-electron chi connectivity index (χ1n) is 10.3. The number of aromatic nitrogens is 5. The fourth-order valence-electron chi connectivity index (χ4n) is 3.58. The van der Waals surface area contributed by atoms with E-state index in [4.69, 9.17) is 13.7 Å². The number of ether oxygens (including phenoxy) is 1. The Bertz CT molecular complexity index is 1210. The summed E-state index contributed by atoms with van der Waals surface area (Å²) in [6, 6.07) is 12.9. The van der Waals surface area contributed by atoms with Crippen molar-refractivity contribution < 1.29 is 18.5 Å². The number of anilines is 1. The molecule has 4 heterocycles. The summed E-state index contributed by atoms with van der Waals surface area (Å²) < 4.78 is 16.3. The van der Waals surface area contributed by atoms with Crippen molar-refractivity contribution in [1.82, 2.24) is 25.6 Å². The van der Waals surface area contributed by atoms with Gasteiger partial charge in [-0.25, -0.2) is 4.79 Å². The number of hydrogen-bond donors (Lipinski definition) is 0. The highest BCUT2D eigenvalue weighted by Crippen LogP contribution is 2.33. The summed E-state index contributed by atoms with van der Waals surface area (Å²) in [4.78, 5) is 14.5. The Morgan fingerprint density at radius 2 is 1.84 bits per heavy atom. The van der Waals surface area contributed by atoms with Crippen molar-refractivity contribution in [3.8, 4) is 22.7 Å². The molecule has 1 aromatic carbocycles. The van der Waals surface area contributed by atoms with Crippen LogP contribution in [0.3, 0.4) is 0 Å². The lowest BCUT2D eigenvalue weighted by atomic mass is 10.1. The fourth-order valence-corrected chi connectivity index (χ4v) is 3.58. The number of nitrogens with zero attached hydrogens (tertiary/aromatic N) is 6. The minimum atomic E-state index is -0.614. The second kappa shape index (κ2) is 8.58. The molecule has 0 amide bonds. The minimum Gasteiger partial charge on any atom is -0.451 e. The van der Waals surface area contributed by atoms with Gasteiger partial charge in [0.05, 0.1) is 0 Å². The average Bonchev–Trinajstić information content (AvgIpc) is 3.59. The number of hydrogen-bond acceptors (Lipinski definition) is 10. The number of rotatable bonds is 6. The van der Waals surface area contributed by atoms with Gasteiger partial charge in [-0.3, -0.25) is 0 Å². The predicted octanol–water partition coefficient (Wildman–Crippen LogP) is 3.45. The van der Waals surface area contributed by atoms with E-state index in [1.807, 2.05) is 30.3 Å². The highest BCUT2D eigenvalue weighted by Gasteiger charge is 2.22. The van der Waals surface area contributed by atoms with Crippen LogP contribution in [0.5, 0.6) is 0 Å². The fraction of sp³-hybridized carbons (Fsp3) is 0.273. The molecule has 4 aromatic rings. The molecular weight excluding hydrogens is 412 g/mol. The van der Waals surface area contributed by atoms with E-state index < -0.39 is 5.97 Å². The summed E-state index contributed by atoms with van der Waals surface area (Å²) in [7, 11) is 0. The molecule has 3 aromatic heterocycles. The van der Waals surface area contributed by atoms with Gasteiger partial charge in [0, 0.05) is 18.7 Å². The second-order valence-corrected chi connectivity index (χ2v) is 7.38. The SMILES string of the molecule is Cc1onc(-c2ccccc2)c1-c1nnc(COC(=O)c2ccc(N3CCCC3)nn2)o1. The largest absolute Gasteiger partial charge is 0.451 e. The van der Waals surface area contributed by atoms with E-state index in [0.717, 1.165) is 37.3 Å². The lowest BCUT2D eigenvalue weighted by molar-refractivity contribution is 0.0430. The van der Waals surface area contributed by atoms with Crippen LogP contribution in [0.15, 0.2) is 51.4 Å². The predicted molar refractivity (Wildman–Crippen MR) is 113 cm³/mol. The summed E-state index contributed by atoms with van der Waals surface area (Å²) in [5.41, 5.74) is 2.18. The smallest absolute Gasteiger partial charge is 0.359 e. The van der Waals surface area contributed by atoms with Crippen LogP contribution in [-0.4, -0.2) is 44.6 Å². The van der Waals surface area contributed by atoms with Gasteiger partial charge in [0.1, 0.15) is 17.0 Å². The lowest BCUT2D eigenvalue weighted by Gasteiger charge is -2.14. The molecular formula is C22H20N6O4. The Morgan fingerprint density at radius 1 is 1.03 bits per heavy atom. The van der Waals surface area contributed by atoms with Crippen molar-refractivity contribution in [1.29, 1.82) is 0 Å². The number of carbonyl (C=O) groups excluding carboxylic acids is 1. The molecule has 0 spiro atoms. The molecule has 0 N–H and O–H groups in total. The Morgan fingerprint density at radius 3 is 2.59 bits per heavy atom. The number of carbonyl (C=O) groups is 1. The van der Waals surface area contributed by atoms with Crippen LogP contribution in [-0.2, 0) is 11.3 Å². The summed E-state index contributed by atoms with van der Waals surface area (Å²) in [5, 5.41) is 20.3. The van der Waals surface area contributed by atoms with Gasteiger partial charge in [-0.1, -0.05) is 35.5 Å². The number of esters is 1. The summed E-state index contributed by atoms with van der Waals surface area (Å²) in [6.45, 7) is 3.49. The van der Waals surface area contributed by atoms with Crippen molar-refractivity contribution in [2.24, 2.45) is 0 Å². The first-order chi connectivity index (χ1) is 15.7. The molecule has 1 saturated heterocycles. The van der Waals surface area contributed by atoms with Crippen LogP contribution in [0.25, 0.3) is 22.7 Å². The molecule has 0 bridgehead atoms. The molecule has 1 fully saturated rings. The lowest BCUT2D eigenvalue weighted by Crippen LogP contribution is -2.20. The van der Waals surface area contributed by atoms with Gasteiger partial charge in [0.2, 0.25) is 0 Å². The van der Waals surface area contributed by atoms with Gasteiger partial charge in [-0.05, 0) is 31.9 Å². The van der Waals surface area contributed by atoms with E-state index in [-0.39, 0.29) is 24.1 Å². The standard InChI is InChI=1S/C22H20N6O4/c1-14-19(20(27-32-14)15-7-3-2-4-8-15)21-26-25-18(31-21)13-30-22(29)16-9-10-17(24-23-16)28-11-5-6-12-28/h2-4,7-10H,5-6,11-13H2,1H3. The third-order valence-electron chi connectivity index (χ3n) is 5.21. The van der Waals surface area contributed by atoms with Gasteiger partial charge in [0.15, 0.2) is 18.1 Å². The van der Waals surface area contributed by atoms with Crippen LogP contribution >= 0.6 is 0 Å². The average molecular weight is 432 g/mol. The normalized spacial score (nSPS) is 13.5. The van der Waals surface area contributed by atoms with Gasteiger partial charge in [0.25, 0.3) is 11.8 Å². The van der Waals surface area contributed by atoms with Crippen molar-refractivity contribution in [2.45, 2.75) is 26.4 Å². The Labute approximate surface area is 183 Å². The van der Waals surface area contributed by atoms with Crippen molar-refractivity contribution in [3.05, 3.63) is 59.8 Å². The van der Waals surface area contributed by atoms with Crippen molar-refractivity contribution in [2.75, 3.05) is 18.0 Å². The number of aryl methyl sites for hydroxylation is 1. The molecule has 1 aliphatic rings. The van der Waals surface area contributed by atoms with E-state index in [2.05, 4.69) is 30.5 Å².